The Labute approximate surface area is 163 Å². The summed E-state index contributed by atoms with van der Waals surface area (Å²) in [6.45, 7) is 6.08. The summed E-state index contributed by atoms with van der Waals surface area (Å²) in [5.41, 5.74) is 2.05. The predicted molar refractivity (Wildman–Crippen MR) is 112 cm³/mol. The first kappa shape index (κ1) is 18.0. The number of aliphatic imine (C=N–C) groups is 1. The Morgan fingerprint density at radius 3 is 2.50 bits per heavy atom. The Balaban J connectivity index is 1.67. The Morgan fingerprint density at radius 2 is 1.79 bits per heavy atom. The van der Waals surface area contributed by atoms with Gasteiger partial charge in [0.25, 0.3) is 0 Å². The van der Waals surface area contributed by atoms with Crippen LogP contribution in [-0.2, 0) is 0 Å². The van der Waals surface area contributed by atoms with Crippen molar-refractivity contribution in [1.29, 1.82) is 0 Å². The number of para-hydroxylation sites is 2. The van der Waals surface area contributed by atoms with Gasteiger partial charge in [-0.25, -0.2) is 14.4 Å². The van der Waals surface area contributed by atoms with E-state index in [1.165, 1.54) is 6.07 Å². The van der Waals surface area contributed by atoms with Crippen molar-refractivity contribution in [2.75, 3.05) is 16.0 Å². The molecule has 4 rings (SSSR count). The first-order chi connectivity index (χ1) is 13.5. The topological polar surface area (TPSA) is 66.3 Å². The fraction of sp³-hybridized carbons (Fsp3) is 0.238. The third-order valence-corrected chi connectivity index (χ3v) is 4.54. The molecular formula is C21H23FN6. The predicted octanol–water partition coefficient (Wildman–Crippen LogP) is 4.98. The molecule has 0 spiro atoms. The second kappa shape index (κ2) is 6.99. The van der Waals surface area contributed by atoms with Crippen molar-refractivity contribution in [2.24, 2.45) is 4.99 Å². The number of nitrogens with one attached hydrogen (secondary N) is 3. The molecule has 3 N–H and O–H groups in total. The van der Waals surface area contributed by atoms with Gasteiger partial charge in [-0.3, -0.25) is 4.57 Å². The van der Waals surface area contributed by atoms with E-state index in [4.69, 9.17) is 0 Å². The Kier molecular flexibility index (Phi) is 4.50. The van der Waals surface area contributed by atoms with Crippen LogP contribution in [-0.4, -0.2) is 21.6 Å². The average molecular weight is 378 g/mol. The minimum absolute atomic E-state index is 0.102. The number of rotatable bonds is 5. The highest BCUT2D eigenvalue weighted by Crippen LogP contribution is 2.33. The van der Waals surface area contributed by atoms with Crippen molar-refractivity contribution in [3.05, 3.63) is 66.1 Å². The van der Waals surface area contributed by atoms with Gasteiger partial charge >= 0.3 is 0 Å². The van der Waals surface area contributed by atoms with E-state index in [0.717, 1.165) is 11.5 Å². The first-order valence-corrected chi connectivity index (χ1v) is 9.25. The molecule has 1 unspecified atom stereocenters. The van der Waals surface area contributed by atoms with Gasteiger partial charge < -0.3 is 16.0 Å². The summed E-state index contributed by atoms with van der Waals surface area (Å²) in [6, 6.07) is 16.6. The van der Waals surface area contributed by atoms with E-state index in [1.54, 1.807) is 24.4 Å². The summed E-state index contributed by atoms with van der Waals surface area (Å²) in [6.07, 6.45) is 1.74. The lowest BCUT2D eigenvalue weighted by molar-refractivity contribution is 0.572. The van der Waals surface area contributed by atoms with Crippen LogP contribution in [0.5, 0.6) is 0 Å². The second-order valence-corrected chi connectivity index (χ2v) is 7.18. The fourth-order valence-corrected chi connectivity index (χ4v) is 3.26. The molecule has 7 heteroatoms. The van der Waals surface area contributed by atoms with Crippen molar-refractivity contribution in [2.45, 2.75) is 32.6 Å². The van der Waals surface area contributed by atoms with Gasteiger partial charge in [-0.15, -0.1) is 0 Å². The molecule has 1 atom stereocenters. The zero-order valence-electron chi connectivity index (χ0n) is 16.1. The minimum Gasteiger partial charge on any atom is -0.345 e. The number of imidazole rings is 1. The molecule has 144 valence electrons. The molecule has 0 radical (unpaired) electrons. The van der Waals surface area contributed by atoms with Crippen LogP contribution in [0.1, 0.15) is 32.5 Å². The van der Waals surface area contributed by atoms with Gasteiger partial charge in [0.2, 0.25) is 11.7 Å². The third-order valence-electron chi connectivity index (χ3n) is 4.54. The molecule has 3 aromatic rings. The van der Waals surface area contributed by atoms with Gasteiger partial charge in [-0.1, -0.05) is 30.3 Å². The largest absolute Gasteiger partial charge is 0.345 e. The molecule has 0 saturated carbocycles. The number of benzene rings is 2. The maximum atomic E-state index is 14.1. The first-order valence-electron chi connectivity index (χ1n) is 9.25. The van der Waals surface area contributed by atoms with Crippen LogP contribution < -0.4 is 16.0 Å². The van der Waals surface area contributed by atoms with Crippen LogP contribution in [0.15, 0.2) is 59.6 Å². The van der Waals surface area contributed by atoms with E-state index >= 15 is 0 Å². The van der Waals surface area contributed by atoms with Crippen molar-refractivity contribution < 1.29 is 4.39 Å². The van der Waals surface area contributed by atoms with Gasteiger partial charge in [-0.05, 0) is 45.0 Å². The van der Waals surface area contributed by atoms with Gasteiger partial charge in [0.15, 0.2) is 0 Å². The van der Waals surface area contributed by atoms with Gasteiger partial charge in [0.1, 0.15) is 17.3 Å². The molecule has 0 amide bonds. The number of aromatic nitrogens is 2. The number of nitrogens with zero attached hydrogens (tertiary/aromatic N) is 3. The maximum absolute atomic E-state index is 14.1. The highest BCUT2D eigenvalue weighted by Gasteiger charge is 2.31. The van der Waals surface area contributed by atoms with Crippen molar-refractivity contribution >= 4 is 29.4 Å². The number of halogens is 1. The number of fused-ring (bicyclic) bond motifs is 1. The smallest absolute Gasteiger partial charge is 0.209 e. The Hall–Kier alpha value is -3.35. The Morgan fingerprint density at radius 1 is 1.07 bits per heavy atom. The molecule has 2 aromatic carbocycles. The zero-order valence-corrected chi connectivity index (χ0v) is 16.1. The summed E-state index contributed by atoms with van der Waals surface area (Å²) < 4.78 is 16.1. The van der Waals surface area contributed by atoms with E-state index in [2.05, 4.69) is 39.8 Å². The lowest BCUT2D eigenvalue weighted by atomic mass is 10.2. The number of hydrogen-bond donors (Lipinski definition) is 3. The third kappa shape index (κ3) is 3.43. The molecule has 2 heterocycles. The fourth-order valence-electron chi connectivity index (χ4n) is 3.26. The van der Waals surface area contributed by atoms with E-state index < -0.39 is 5.79 Å². The molecule has 0 aliphatic carbocycles. The SMILES string of the molecule is CC(C)n1c(Nc2ccccc2F)nc2c1NC(C)(Nc1ccccc1)N=C2. The molecule has 1 aliphatic rings. The van der Waals surface area contributed by atoms with Gasteiger partial charge in [0.05, 0.1) is 11.9 Å². The number of anilines is 4. The lowest BCUT2D eigenvalue weighted by Crippen LogP contribution is -2.44. The zero-order chi connectivity index (χ0) is 19.7. The quantitative estimate of drug-likeness (QED) is 0.586. The molecular weight excluding hydrogens is 355 g/mol. The van der Waals surface area contributed by atoms with Crippen LogP contribution in [0, 0.1) is 5.82 Å². The van der Waals surface area contributed by atoms with E-state index in [-0.39, 0.29) is 11.9 Å². The van der Waals surface area contributed by atoms with E-state index in [0.29, 0.717) is 17.3 Å². The summed E-state index contributed by atoms with van der Waals surface area (Å²) in [5, 5.41) is 9.96. The van der Waals surface area contributed by atoms with E-state index in [9.17, 15) is 4.39 Å². The van der Waals surface area contributed by atoms with Gasteiger partial charge in [-0.2, -0.15) is 0 Å². The molecule has 28 heavy (non-hydrogen) atoms. The summed E-state index contributed by atoms with van der Waals surface area (Å²) in [7, 11) is 0. The molecule has 1 aromatic heterocycles. The molecule has 6 nitrogen and oxygen atoms in total. The normalized spacial score (nSPS) is 17.9. The monoisotopic (exact) mass is 378 g/mol. The molecule has 0 fully saturated rings. The second-order valence-electron chi connectivity index (χ2n) is 7.18. The Bertz CT molecular complexity index is 1010. The number of hydrogen-bond acceptors (Lipinski definition) is 5. The lowest BCUT2D eigenvalue weighted by Gasteiger charge is -2.33. The van der Waals surface area contributed by atoms with Crippen molar-refractivity contribution in [1.82, 2.24) is 9.55 Å². The summed E-state index contributed by atoms with van der Waals surface area (Å²) in [5.74, 6) is 0.342. The van der Waals surface area contributed by atoms with Crippen LogP contribution in [0.2, 0.25) is 0 Å². The van der Waals surface area contributed by atoms with Gasteiger partial charge in [0, 0.05) is 11.7 Å². The van der Waals surface area contributed by atoms with Crippen LogP contribution in [0.4, 0.5) is 27.5 Å². The highest BCUT2D eigenvalue weighted by molar-refractivity contribution is 5.89. The van der Waals surface area contributed by atoms with E-state index in [1.807, 2.05) is 41.8 Å². The highest BCUT2D eigenvalue weighted by atomic mass is 19.1. The molecule has 1 aliphatic heterocycles. The summed E-state index contributed by atoms with van der Waals surface area (Å²) >= 11 is 0. The van der Waals surface area contributed by atoms with Crippen LogP contribution in [0.3, 0.4) is 0 Å². The average Bonchev–Trinajstić information content (AvgIpc) is 3.01. The van der Waals surface area contributed by atoms with Crippen LogP contribution in [0.25, 0.3) is 0 Å². The maximum Gasteiger partial charge on any atom is 0.209 e. The van der Waals surface area contributed by atoms with Crippen molar-refractivity contribution in [3.63, 3.8) is 0 Å². The van der Waals surface area contributed by atoms with Crippen LogP contribution >= 0.6 is 0 Å². The standard InChI is InChI=1S/C21H23FN6/c1-14(2)28-19-18(25-20(28)24-17-12-8-7-11-16(17)22)13-23-21(3,27-19)26-15-9-5-4-6-10-15/h4-14,26-27H,1-3H3,(H,24,25). The molecule has 0 bridgehead atoms. The summed E-state index contributed by atoms with van der Waals surface area (Å²) in [4.78, 5) is 9.24. The molecule has 0 saturated heterocycles. The van der Waals surface area contributed by atoms with Crippen molar-refractivity contribution in [3.8, 4) is 0 Å². The minimum atomic E-state index is -0.726.